The Labute approximate surface area is 298 Å². The normalized spacial score (nSPS) is 15.7. The quantitative estimate of drug-likeness (QED) is 0.167. The first kappa shape index (κ1) is 30.3. The van der Waals surface area contributed by atoms with Crippen LogP contribution in [0.4, 0.5) is 0 Å². The molecular formula is C49H36S. The van der Waals surface area contributed by atoms with Crippen molar-refractivity contribution in [1.82, 2.24) is 0 Å². The van der Waals surface area contributed by atoms with E-state index in [1.165, 1.54) is 81.4 Å². The van der Waals surface area contributed by atoms with Crippen molar-refractivity contribution in [1.29, 1.82) is 0 Å². The van der Waals surface area contributed by atoms with Gasteiger partial charge in [0.2, 0.25) is 0 Å². The minimum absolute atomic E-state index is 0.0717. The average Bonchev–Trinajstić information content (AvgIpc) is 3.69. The van der Waals surface area contributed by atoms with Gasteiger partial charge in [-0.15, -0.1) is 11.3 Å². The Bertz CT molecular complexity index is 2550. The van der Waals surface area contributed by atoms with E-state index in [9.17, 15) is 0 Å². The Morgan fingerprint density at radius 2 is 0.880 bits per heavy atom. The number of benzene rings is 7. The van der Waals surface area contributed by atoms with Crippen LogP contribution in [0.2, 0.25) is 0 Å². The predicted octanol–water partition coefficient (Wildman–Crippen LogP) is 14.0. The van der Waals surface area contributed by atoms with Crippen molar-refractivity contribution < 1.29 is 0 Å². The average molecular weight is 657 g/mol. The summed E-state index contributed by atoms with van der Waals surface area (Å²) in [4.78, 5) is 2.61. The SMILES string of the molecule is CC1(c2ccc(-c3ccccc3)c3ccccc23)C=CC(c2ccc(-c3ccc(-c4ccc(-c5ccccc5)c5ccccc45)cc3)s2)=CC1. The second-order valence-corrected chi connectivity index (χ2v) is 14.6. The lowest BCUT2D eigenvalue weighted by Crippen LogP contribution is -2.20. The van der Waals surface area contributed by atoms with Crippen LogP contribution < -0.4 is 0 Å². The van der Waals surface area contributed by atoms with Gasteiger partial charge in [-0.05, 0) is 90.2 Å². The molecule has 1 aromatic heterocycles. The third-order valence-electron chi connectivity index (χ3n) is 10.4. The van der Waals surface area contributed by atoms with Crippen LogP contribution >= 0.6 is 11.3 Å². The van der Waals surface area contributed by atoms with Gasteiger partial charge in [-0.1, -0.05) is 183 Å². The Morgan fingerprint density at radius 1 is 0.420 bits per heavy atom. The van der Waals surface area contributed by atoms with E-state index in [1.807, 2.05) is 11.3 Å². The molecule has 0 spiro atoms. The Morgan fingerprint density at radius 3 is 1.44 bits per heavy atom. The summed E-state index contributed by atoms with van der Waals surface area (Å²) in [6.45, 7) is 2.38. The first-order valence-electron chi connectivity index (χ1n) is 17.4. The lowest BCUT2D eigenvalue weighted by atomic mass is 9.73. The number of hydrogen-bond donors (Lipinski definition) is 0. The topological polar surface area (TPSA) is 0 Å². The summed E-state index contributed by atoms with van der Waals surface area (Å²) >= 11 is 1.87. The molecule has 9 rings (SSSR count). The fourth-order valence-electron chi connectivity index (χ4n) is 7.66. The number of fused-ring (bicyclic) bond motifs is 2. The molecule has 7 aromatic carbocycles. The number of rotatable bonds is 6. The monoisotopic (exact) mass is 656 g/mol. The minimum Gasteiger partial charge on any atom is -0.135 e. The van der Waals surface area contributed by atoms with E-state index < -0.39 is 0 Å². The van der Waals surface area contributed by atoms with Crippen LogP contribution in [0, 0.1) is 0 Å². The van der Waals surface area contributed by atoms with E-state index in [2.05, 4.69) is 195 Å². The molecule has 0 N–H and O–H groups in total. The number of thiophene rings is 1. The van der Waals surface area contributed by atoms with E-state index >= 15 is 0 Å². The summed E-state index contributed by atoms with van der Waals surface area (Å²) in [5.41, 5.74) is 11.5. The molecule has 1 unspecified atom stereocenters. The van der Waals surface area contributed by atoms with Crippen molar-refractivity contribution in [3.63, 3.8) is 0 Å². The summed E-state index contributed by atoms with van der Waals surface area (Å²) in [6.07, 6.45) is 8.16. The Hall–Kier alpha value is -5.76. The Balaban J connectivity index is 0.968. The van der Waals surface area contributed by atoms with E-state index in [0.717, 1.165) is 6.42 Å². The second-order valence-electron chi connectivity index (χ2n) is 13.5. The maximum atomic E-state index is 2.43. The molecule has 0 saturated heterocycles. The summed E-state index contributed by atoms with van der Waals surface area (Å²) in [5.74, 6) is 0. The molecule has 1 heterocycles. The molecule has 238 valence electrons. The molecule has 0 aliphatic heterocycles. The van der Waals surface area contributed by atoms with Crippen LogP contribution in [0.1, 0.15) is 23.8 Å². The van der Waals surface area contributed by atoms with E-state index in [-0.39, 0.29) is 5.41 Å². The fourth-order valence-corrected chi connectivity index (χ4v) is 8.70. The summed E-state index contributed by atoms with van der Waals surface area (Å²) in [7, 11) is 0. The molecule has 0 saturated carbocycles. The number of hydrogen-bond acceptors (Lipinski definition) is 1. The maximum Gasteiger partial charge on any atom is 0.0349 e. The molecule has 1 heteroatoms. The van der Waals surface area contributed by atoms with E-state index in [0.29, 0.717) is 0 Å². The summed E-state index contributed by atoms with van der Waals surface area (Å²) in [6, 6.07) is 61.9. The van der Waals surface area contributed by atoms with Crippen molar-refractivity contribution in [2.24, 2.45) is 0 Å². The largest absolute Gasteiger partial charge is 0.135 e. The lowest BCUT2D eigenvalue weighted by Gasteiger charge is -2.30. The molecule has 1 aliphatic carbocycles. The van der Waals surface area contributed by atoms with Gasteiger partial charge >= 0.3 is 0 Å². The van der Waals surface area contributed by atoms with Crippen LogP contribution in [0.3, 0.4) is 0 Å². The van der Waals surface area contributed by atoms with Gasteiger partial charge in [-0.3, -0.25) is 0 Å². The lowest BCUT2D eigenvalue weighted by molar-refractivity contribution is 0.607. The van der Waals surface area contributed by atoms with Crippen molar-refractivity contribution in [2.75, 3.05) is 0 Å². The molecule has 1 atom stereocenters. The van der Waals surface area contributed by atoms with Crippen LogP contribution in [0.15, 0.2) is 188 Å². The van der Waals surface area contributed by atoms with Crippen LogP contribution in [-0.2, 0) is 5.41 Å². The fraction of sp³-hybridized carbons (Fsp3) is 0.0612. The van der Waals surface area contributed by atoms with E-state index in [1.54, 1.807) is 0 Å². The highest BCUT2D eigenvalue weighted by atomic mass is 32.1. The zero-order valence-electron chi connectivity index (χ0n) is 28.0. The van der Waals surface area contributed by atoms with E-state index in [4.69, 9.17) is 0 Å². The first-order valence-corrected chi connectivity index (χ1v) is 18.2. The molecular weight excluding hydrogens is 621 g/mol. The first-order chi connectivity index (χ1) is 24.6. The molecule has 0 amide bonds. The molecule has 0 bridgehead atoms. The third kappa shape index (κ3) is 5.41. The number of allylic oxidation sites excluding steroid dienone is 4. The second kappa shape index (κ2) is 12.6. The molecule has 0 fully saturated rings. The van der Waals surface area contributed by atoms with Crippen molar-refractivity contribution in [2.45, 2.75) is 18.8 Å². The molecule has 0 nitrogen and oxygen atoms in total. The van der Waals surface area contributed by atoms with Gasteiger partial charge in [0.1, 0.15) is 0 Å². The van der Waals surface area contributed by atoms with Gasteiger partial charge in [0.25, 0.3) is 0 Å². The summed E-state index contributed by atoms with van der Waals surface area (Å²) in [5, 5.41) is 5.21. The zero-order chi connectivity index (χ0) is 33.5. The van der Waals surface area contributed by atoms with Gasteiger partial charge in [0.05, 0.1) is 0 Å². The van der Waals surface area contributed by atoms with Gasteiger partial charge < -0.3 is 0 Å². The van der Waals surface area contributed by atoms with Crippen LogP contribution in [-0.4, -0.2) is 0 Å². The van der Waals surface area contributed by atoms with Gasteiger partial charge in [-0.25, -0.2) is 0 Å². The maximum absolute atomic E-state index is 2.43. The van der Waals surface area contributed by atoms with Crippen LogP contribution in [0.25, 0.3) is 70.9 Å². The molecule has 1 aliphatic rings. The van der Waals surface area contributed by atoms with Gasteiger partial charge in [0.15, 0.2) is 0 Å². The Kier molecular flexibility index (Phi) is 7.64. The highest BCUT2D eigenvalue weighted by Gasteiger charge is 2.28. The smallest absolute Gasteiger partial charge is 0.0349 e. The van der Waals surface area contributed by atoms with Crippen LogP contribution in [0.5, 0.6) is 0 Å². The highest BCUT2D eigenvalue weighted by Crippen LogP contribution is 2.43. The zero-order valence-corrected chi connectivity index (χ0v) is 28.8. The molecule has 8 aromatic rings. The van der Waals surface area contributed by atoms with Gasteiger partial charge in [0, 0.05) is 15.2 Å². The van der Waals surface area contributed by atoms with Crippen molar-refractivity contribution >= 4 is 38.5 Å². The van der Waals surface area contributed by atoms with Gasteiger partial charge in [-0.2, -0.15) is 0 Å². The molecule has 0 radical (unpaired) electrons. The minimum atomic E-state index is -0.0717. The predicted molar refractivity (Wildman–Crippen MR) is 217 cm³/mol. The molecule has 50 heavy (non-hydrogen) atoms. The highest BCUT2D eigenvalue weighted by molar-refractivity contribution is 7.16. The standard InChI is InChI=1S/C49H36S/c1-49(46-27-26-41(35-14-6-3-7-15-35)44-18-10-11-19-45(44)46)32-30-38(31-33-49)48-29-28-47(50-48)37-22-20-36(21-23-37)40-25-24-39(34-12-4-2-5-13-34)42-16-8-9-17-43(40)42/h2-32H,33H2,1H3. The summed E-state index contributed by atoms with van der Waals surface area (Å²) < 4.78 is 0. The van der Waals surface area contributed by atoms with Crippen molar-refractivity contribution in [3.05, 3.63) is 199 Å². The third-order valence-corrected chi connectivity index (χ3v) is 11.6. The van der Waals surface area contributed by atoms with Crippen molar-refractivity contribution in [3.8, 4) is 43.8 Å².